The van der Waals surface area contributed by atoms with Crippen LogP contribution >= 0.6 is 0 Å². The Hall–Kier alpha value is -1.83. The van der Waals surface area contributed by atoms with E-state index < -0.39 is 24.1 Å². The van der Waals surface area contributed by atoms with Crippen molar-refractivity contribution in [3.63, 3.8) is 0 Å². The molecule has 0 aliphatic carbocycles. The van der Waals surface area contributed by atoms with E-state index in [1.165, 1.54) is 0 Å². The zero-order valence-corrected chi connectivity index (χ0v) is 9.32. The van der Waals surface area contributed by atoms with Crippen LogP contribution < -0.4 is 16.0 Å². The highest BCUT2D eigenvalue weighted by Crippen LogP contribution is 2.01. The van der Waals surface area contributed by atoms with Crippen LogP contribution in [0.5, 0.6) is 0 Å². The van der Waals surface area contributed by atoms with Gasteiger partial charge in [0.25, 0.3) is 0 Å². The zero-order chi connectivity index (χ0) is 13.1. The van der Waals surface area contributed by atoms with Gasteiger partial charge in [-0.2, -0.15) is 0 Å². The van der Waals surface area contributed by atoms with Gasteiger partial charge in [0.15, 0.2) is 5.60 Å². The first kappa shape index (κ1) is 13.2. The van der Waals surface area contributed by atoms with Crippen LogP contribution in [0.1, 0.15) is 13.3 Å². The molecule has 1 rings (SSSR count). The Morgan fingerprint density at radius 3 is 2.71 bits per heavy atom. The molecule has 1 aliphatic heterocycles. The molecule has 2 unspecified atom stereocenters. The molecule has 1 saturated heterocycles. The summed E-state index contributed by atoms with van der Waals surface area (Å²) in [6, 6.07) is -0.926. The van der Waals surface area contributed by atoms with Crippen molar-refractivity contribution in [3.8, 4) is 0 Å². The van der Waals surface area contributed by atoms with Crippen molar-refractivity contribution >= 4 is 17.9 Å². The van der Waals surface area contributed by atoms with Crippen molar-refractivity contribution in [1.82, 2.24) is 16.0 Å². The van der Waals surface area contributed by atoms with Crippen molar-refractivity contribution in [1.29, 1.82) is 0 Å². The Labute approximate surface area is 97.4 Å². The van der Waals surface area contributed by atoms with E-state index in [9.17, 15) is 19.5 Å². The van der Waals surface area contributed by atoms with Gasteiger partial charge in [0, 0.05) is 13.0 Å². The fourth-order valence-electron chi connectivity index (χ4n) is 1.27. The van der Waals surface area contributed by atoms with Crippen LogP contribution in [0.3, 0.4) is 0 Å². The lowest BCUT2D eigenvalue weighted by Gasteiger charge is -2.19. The topological polar surface area (TPSA) is 128 Å². The molecule has 2 atom stereocenters. The number of hydrogen-bond donors (Lipinski definition) is 5. The first-order valence-corrected chi connectivity index (χ1v) is 5.08. The standard InChI is InChI=1S/C9H15N3O5/c1-9(17,7(14)15)4-11-8(16)12-5-2-6(13)10-3-5/h5,17H,2-4H2,1H3,(H,10,13)(H,14,15)(H2,11,12,16). The smallest absolute Gasteiger partial charge is 0.337 e. The van der Waals surface area contributed by atoms with Gasteiger partial charge >= 0.3 is 12.0 Å². The second-order valence-electron chi connectivity index (χ2n) is 4.11. The summed E-state index contributed by atoms with van der Waals surface area (Å²) in [6.45, 7) is 1.01. The molecule has 3 amide bonds. The molecule has 8 nitrogen and oxygen atoms in total. The second-order valence-corrected chi connectivity index (χ2v) is 4.11. The molecule has 0 aromatic carbocycles. The molecule has 1 aliphatic rings. The lowest BCUT2D eigenvalue weighted by Crippen LogP contribution is -2.51. The molecule has 0 bridgehead atoms. The average molecular weight is 245 g/mol. The first-order valence-electron chi connectivity index (χ1n) is 5.08. The van der Waals surface area contributed by atoms with E-state index in [0.717, 1.165) is 6.92 Å². The molecule has 0 radical (unpaired) electrons. The van der Waals surface area contributed by atoms with E-state index in [4.69, 9.17) is 5.11 Å². The summed E-state index contributed by atoms with van der Waals surface area (Å²) in [4.78, 5) is 32.7. The van der Waals surface area contributed by atoms with Crippen molar-refractivity contribution in [2.75, 3.05) is 13.1 Å². The highest BCUT2D eigenvalue weighted by atomic mass is 16.4. The Bertz CT molecular complexity index is 342. The van der Waals surface area contributed by atoms with E-state index in [1.54, 1.807) is 0 Å². The van der Waals surface area contributed by atoms with Crippen LogP contribution in [0, 0.1) is 0 Å². The molecule has 1 fully saturated rings. The fraction of sp³-hybridized carbons (Fsp3) is 0.667. The van der Waals surface area contributed by atoms with Crippen LogP contribution in [0.2, 0.25) is 0 Å². The van der Waals surface area contributed by atoms with Crippen molar-refractivity contribution in [2.24, 2.45) is 0 Å². The number of carboxylic acid groups (broad SMARTS) is 1. The van der Waals surface area contributed by atoms with Crippen LogP contribution in [0.4, 0.5) is 4.79 Å². The third kappa shape index (κ3) is 3.91. The van der Waals surface area contributed by atoms with Gasteiger partial charge in [0.05, 0.1) is 12.6 Å². The SMILES string of the molecule is CC(O)(CNC(=O)NC1CNC(=O)C1)C(=O)O. The molecule has 5 N–H and O–H groups in total. The number of carbonyl (C=O) groups excluding carboxylic acids is 2. The number of rotatable bonds is 4. The van der Waals surface area contributed by atoms with Gasteiger partial charge in [-0.1, -0.05) is 0 Å². The fourth-order valence-corrected chi connectivity index (χ4v) is 1.27. The number of carboxylic acids is 1. The average Bonchev–Trinajstić information content (AvgIpc) is 2.61. The zero-order valence-electron chi connectivity index (χ0n) is 9.32. The quantitative estimate of drug-likeness (QED) is 0.392. The summed E-state index contributed by atoms with van der Waals surface area (Å²) in [5.41, 5.74) is -2.01. The maximum Gasteiger partial charge on any atom is 0.337 e. The predicted octanol–water partition coefficient (Wildman–Crippen LogP) is -1.99. The third-order valence-corrected chi connectivity index (χ3v) is 2.37. The van der Waals surface area contributed by atoms with Crippen LogP contribution in [0.15, 0.2) is 0 Å². The highest BCUT2D eigenvalue weighted by Gasteiger charge is 2.31. The Kier molecular flexibility index (Phi) is 3.89. The minimum Gasteiger partial charge on any atom is -0.479 e. The van der Waals surface area contributed by atoms with Gasteiger partial charge in [0.2, 0.25) is 5.91 Å². The van der Waals surface area contributed by atoms with Gasteiger partial charge < -0.3 is 26.2 Å². The molecule has 96 valence electrons. The molecule has 8 heteroatoms. The summed E-state index contributed by atoms with van der Waals surface area (Å²) < 4.78 is 0. The minimum atomic E-state index is -2.01. The number of hydrogen-bond acceptors (Lipinski definition) is 4. The molecule has 17 heavy (non-hydrogen) atoms. The summed E-state index contributed by atoms with van der Waals surface area (Å²) >= 11 is 0. The Morgan fingerprint density at radius 2 is 2.24 bits per heavy atom. The molecule has 1 heterocycles. The van der Waals surface area contributed by atoms with E-state index >= 15 is 0 Å². The summed E-state index contributed by atoms with van der Waals surface area (Å²) in [6.07, 6.45) is 0.197. The van der Waals surface area contributed by atoms with Crippen molar-refractivity contribution in [2.45, 2.75) is 25.0 Å². The molecule has 0 aromatic rings. The lowest BCUT2D eigenvalue weighted by atomic mass is 10.1. The lowest BCUT2D eigenvalue weighted by molar-refractivity contribution is -0.155. The number of carbonyl (C=O) groups is 3. The maximum atomic E-state index is 11.3. The van der Waals surface area contributed by atoms with Crippen LogP contribution in [-0.2, 0) is 9.59 Å². The van der Waals surface area contributed by atoms with E-state index in [0.29, 0.717) is 6.54 Å². The molecular formula is C9H15N3O5. The monoisotopic (exact) mass is 245 g/mol. The molecule has 0 spiro atoms. The van der Waals surface area contributed by atoms with Crippen LogP contribution in [-0.4, -0.2) is 52.9 Å². The number of urea groups is 1. The predicted molar refractivity (Wildman–Crippen MR) is 56.2 cm³/mol. The Morgan fingerprint density at radius 1 is 1.59 bits per heavy atom. The number of aliphatic carboxylic acids is 1. The summed E-state index contributed by atoms with van der Waals surface area (Å²) in [5.74, 6) is -1.57. The highest BCUT2D eigenvalue weighted by molar-refractivity contribution is 5.82. The first-order chi connectivity index (χ1) is 7.81. The third-order valence-electron chi connectivity index (χ3n) is 2.37. The van der Waals surface area contributed by atoms with Gasteiger partial charge in [-0.3, -0.25) is 4.79 Å². The Balaban J connectivity index is 2.31. The summed E-state index contributed by atoms with van der Waals surface area (Å²) in [5, 5.41) is 25.2. The minimum absolute atomic E-state index is 0.146. The molecule has 0 saturated carbocycles. The van der Waals surface area contributed by atoms with Gasteiger partial charge in [0.1, 0.15) is 0 Å². The van der Waals surface area contributed by atoms with E-state index in [1.807, 2.05) is 0 Å². The summed E-state index contributed by atoms with van der Waals surface area (Å²) in [7, 11) is 0. The second kappa shape index (κ2) is 5.00. The van der Waals surface area contributed by atoms with Crippen molar-refractivity contribution < 1.29 is 24.6 Å². The molecule has 0 aromatic heterocycles. The maximum absolute atomic E-state index is 11.3. The number of aliphatic hydroxyl groups is 1. The number of nitrogens with one attached hydrogen (secondary N) is 3. The largest absolute Gasteiger partial charge is 0.479 e. The van der Waals surface area contributed by atoms with E-state index in [-0.39, 0.29) is 18.4 Å². The van der Waals surface area contributed by atoms with E-state index in [2.05, 4.69) is 16.0 Å². The molecular weight excluding hydrogens is 230 g/mol. The van der Waals surface area contributed by atoms with Crippen molar-refractivity contribution in [3.05, 3.63) is 0 Å². The van der Waals surface area contributed by atoms with Gasteiger partial charge in [-0.15, -0.1) is 0 Å². The van der Waals surface area contributed by atoms with Gasteiger partial charge in [-0.25, -0.2) is 9.59 Å². The van der Waals surface area contributed by atoms with Crippen LogP contribution in [0.25, 0.3) is 0 Å². The normalized spacial score (nSPS) is 22.5. The number of amides is 3. The van der Waals surface area contributed by atoms with Gasteiger partial charge in [-0.05, 0) is 6.92 Å².